The Kier molecular flexibility index (Phi) is 2.78. The van der Waals surface area contributed by atoms with Crippen molar-refractivity contribution in [2.45, 2.75) is 25.4 Å². The van der Waals surface area contributed by atoms with Gasteiger partial charge in [-0.1, -0.05) is 23.7 Å². The third-order valence-corrected chi connectivity index (χ3v) is 3.38. The lowest BCUT2D eigenvalue weighted by atomic mass is 10.3. The number of hydrogen-bond acceptors (Lipinski definition) is 4. The smallest absolute Gasteiger partial charge is 0.245 e. The van der Waals surface area contributed by atoms with Gasteiger partial charge in [0.25, 0.3) is 0 Å². The predicted octanol–water partition coefficient (Wildman–Crippen LogP) is 2.66. The molecule has 1 aliphatic rings. The lowest BCUT2D eigenvalue weighted by molar-refractivity contribution is 0.0918. The number of benzene rings is 1. The number of halogens is 1. The van der Waals surface area contributed by atoms with Gasteiger partial charge in [-0.15, -0.1) is 5.10 Å². The van der Waals surface area contributed by atoms with E-state index < -0.39 is 5.60 Å². The highest BCUT2D eigenvalue weighted by Gasteiger charge is 2.51. The van der Waals surface area contributed by atoms with Gasteiger partial charge in [0.1, 0.15) is 12.1 Å². The molecule has 0 saturated heterocycles. The van der Waals surface area contributed by atoms with E-state index in [1.165, 1.54) is 17.9 Å². The van der Waals surface area contributed by atoms with Gasteiger partial charge in [-0.05, 0) is 25.0 Å². The van der Waals surface area contributed by atoms with E-state index >= 15 is 0 Å². The molecule has 0 aliphatic heterocycles. The number of nitrogens with zero attached hydrogens (tertiary/aromatic N) is 3. The monoisotopic (exact) mass is 277 g/mol. The van der Waals surface area contributed by atoms with Crippen LogP contribution < -0.4 is 4.74 Å². The fourth-order valence-corrected chi connectivity index (χ4v) is 2.02. The zero-order chi connectivity index (χ0) is 13.5. The van der Waals surface area contributed by atoms with Crippen molar-refractivity contribution in [3.8, 4) is 5.75 Å². The summed E-state index contributed by atoms with van der Waals surface area (Å²) in [7, 11) is 0. The molecule has 19 heavy (non-hydrogen) atoms. The molecule has 1 fully saturated rings. The van der Waals surface area contributed by atoms with Crippen LogP contribution in [0.5, 0.6) is 5.75 Å². The predicted molar refractivity (Wildman–Crippen MR) is 69.3 cm³/mol. The maximum atomic E-state index is 11.2. The molecule has 1 aromatic heterocycles. The van der Waals surface area contributed by atoms with E-state index in [-0.39, 0.29) is 5.91 Å². The average molecular weight is 278 g/mol. The fourth-order valence-electron chi connectivity index (χ4n) is 1.85. The molecule has 0 spiro atoms. The second-order valence-electron chi connectivity index (χ2n) is 4.56. The molecule has 0 amide bonds. The summed E-state index contributed by atoms with van der Waals surface area (Å²) in [6.07, 6.45) is 3.05. The fraction of sp³-hybridized carbons (Fsp3) is 0.308. The normalized spacial score (nSPS) is 16.1. The number of carbonyl (C=O) groups is 1. The topological polar surface area (TPSA) is 57.0 Å². The first-order valence-electron chi connectivity index (χ1n) is 5.97. The largest absolute Gasteiger partial charge is 0.478 e. The number of carbonyl (C=O) groups excluding carboxylic acids is 1. The molecule has 98 valence electrons. The summed E-state index contributed by atoms with van der Waals surface area (Å²) in [5.41, 5.74) is -0.536. The summed E-state index contributed by atoms with van der Waals surface area (Å²) in [5.74, 6) is 0.968. The number of ether oxygens (including phenoxy) is 1. The van der Waals surface area contributed by atoms with Gasteiger partial charge in [0.2, 0.25) is 5.91 Å². The molecule has 1 saturated carbocycles. The first-order chi connectivity index (χ1) is 9.11. The first-order valence-corrected chi connectivity index (χ1v) is 6.35. The van der Waals surface area contributed by atoms with Crippen molar-refractivity contribution in [1.29, 1.82) is 0 Å². The maximum Gasteiger partial charge on any atom is 0.245 e. The minimum absolute atomic E-state index is 0.174. The molecule has 1 heterocycles. The molecule has 6 heteroatoms. The van der Waals surface area contributed by atoms with E-state index in [1.54, 1.807) is 6.07 Å². The highest BCUT2D eigenvalue weighted by atomic mass is 35.5. The first kappa shape index (κ1) is 12.2. The highest BCUT2D eigenvalue weighted by Crippen LogP contribution is 2.48. The summed E-state index contributed by atoms with van der Waals surface area (Å²) < 4.78 is 7.15. The molecule has 0 bridgehead atoms. The zero-order valence-electron chi connectivity index (χ0n) is 10.3. The molecule has 0 unspecified atom stereocenters. The molecular weight excluding hydrogens is 266 g/mol. The van der Waals surface area contributed by atoms with Gasteiger partial charge in [0.05, 0.1) is 5.02 Å². The Balaban J connectivity index is 1.87. The Morgan fingerprint density at radius 2 is 2.16 bits per heavy atom. The lowest BCUT2D eigenvalue weighted by Crippen LogP contribution is -2.19. The van der Waals surface area contributed by atoms with E-state index in [1.807, 2.05) is 18.2 Å². The Hall–Kier alpha value is -1.88. The van der Waals surface area contributed by atoms with Crippen molar-refractivity contribution < 1.29 is 9.53 Å². The van der Waals surface area contributed by atoms with E-state index in [2.05, 4.69) is 10.1 Å². The number of rotatable bonds is 3. The second-order valence-corrected chi connectivity index (χ2v) is 4.97. The number of aromatic nitrogens is 3. The van der Waals surface area contributed by atoms with Crippen molar-refractivity contribution >= 4 is 17.5 Å². The summed E-state index contributed by atoms with van der Waals surface area (Å²) in [4.78, 5) is 15.4. The second kappa shape index (κ2) is 4.35. The quantitative estimate of drug-likeness (QED) is 0.865. The van der Waals surface area contributed by atoms with E-state index in [4.69, 9.17) is 16.3 Å². The maximum absolute atomic E-state index is 11.2. The van der Waals surface area contributed by atoms with Gasteiger partial charge in [-0.25, -0.2) is 4.98 Å². The summed E-state index contributed by atoms with van der Waals surface area (Å²) in [6.45, 7) is 1.44. The number of para-hydroxylation sites is 1. The molecule has 2 aromatic rings. The van der Waals surface area contributed by atoms with Crippen LogP contribution >= 0.6 is 11.6 Å². The van der Waals surface area contributed by atoms with Crippen molar-refractivity contribution in [3.63, 3.8) is 0 Å². The third-order valence-electron chi connectivity index (χ3n) is 3.07. The van der Waals surface area contributed by atoms with Crippen molar-refractivity contribution in [1.82, 2.24) is 14.8 Å². The summed E-state index contributed by atoms with van der Waals surface area (Å²) in [5, 5.41) is 4.71. The average Bonchev–Trinajstić information content (AvgIpc) is 2.99. The molecule has 3 rings (SSSR count). The van der Waals surface area contributed by atoms with Crippen LogP contribution in [-0.4, -0.2) is 20.7 Å². The molecule has 0 radical (unpaired) electrons. The minimum atomic E-state index is -0.536. The van der Waals surface area contributed by atoms with Crippen molar-refractivity contribution in [2.24, 2.45) is 0 Å². The SMILES string of the molecule is CC(=O)n1cnc(C2(Oc3ccccc3Cl)CC2)n1. The Morgan fingerprint density at radius 3 is 2.74 bits per heavy atom. The molecular formula is C13H12ClN3O2. The molecule has 1 aromatic carbocycles. The zero-order valence-corrected chi connectivity index (χ0v) is 11.1. The minimum Gasteiger partial charge on any atom is -0.478 e. The van der Waals surface area contributed by atoms with Crippen molar-refractivity contribution in [2.75, 3.05) is 0 Å². The van der Waals surface area contributed by atoms with Gasteiger partial charge in [0.15, 0.2) is 11.4 Å². The van der Waals surface area contributed by atoms with Gasteiger partial charge >= 0.3 is 0 Å². The van der Waals surface area contributed by atoms with Gasteiger partial charge < -0.3 is 4.74 Å². The lowest BCUT2D eigenvalue weighted by Gasteiger charge is -2.15. The van der Waals surface area contributed by atoms with Crippen LogP contribution in [0.15, 0.2) is 30.6 Å². The Bertz CT molecular complexity index is 634. The van der Waals surface area contributed by atoms with Crippen LogP contribution in [0.2, 0.25) is 5.02 Å². The van der Waals surface area contributed by atoms with E-state index in [0.29, 0.717) is 16.6 Å². The van der Waals surface area contributed by atoms with Gasteiger partial charge in [-0.2, -0.15) is 4.68 Å². The molecule has 0 N–H and O–H groups in total. The summed E-state index contributed by atoms with van der Waals surface area (Å²) >= 11 is 6.08. The van der Waals surface area contributed by atoms with Crippen LogP contribution in [0.4, 0.5) is 0 Å². The van der Waals surface area contributed by atoms with Gasteiger partial charge in [0, 0.05) is 6.92 Å². The van der Waals surface area contributed by atoms with Crippen LogP contribution in [0.25, 0.3) is 0 Å². The molecule has 5 nitrogen and oxygen atoms in total. The summed E-state index contributed by atoms with van der Waals surface area (Å²) in [6, 6.07) is 7.29. The van der Waals surface area contributed by atoms with Crippen LogP contribution in [0, 0.1) is 0 Å². The van der Waals surface area contributed by atoms with Crippen LogP contribution in [0.1, 0.15) is 30.4 Å². The van der Waals surface area contributed by atoms with E-state index in [9.17, 15) is 4.79 Å². The Morgan fingerprint density at radius 1 is 1.42 bits per heavy atom. The molecule has 1 aliphatic carbocycles. The van der Waals surface area contributed by atoms with Crippen LogP contribution in [-0.2, 0) is 5.60 Å². The van der Waals surface area contributed by atoms with Gasteiger partial charge in [-0.3, -0.25) is 4.79 Å². The Labute approximate surface area is 115 Å². The molecule has 0 atom stereocenters. The number of hydrogen-bond donors (Lipinski definition) is 0. The standard InChI is InChI=1S/C13H12ClN3O2/c1-9(18)17-8-15-12(16-17)13(6-7-13)19-11-5-3-2-4-10(11)14/h2-5,8H,6-7H2,1H3. The highest BCUT2D eigenvalue weighted by molar-refractivity contribution is 6.32. The van der Waals surface area contributed by atoms with E-state index in [0.717, 1.165) is 12.8 Å². The third kappa shape index (κ3) is 2.21. The van der Waals surface area contributed by atoms with Crippen LogP contribution in [0.3, 0.4) is 0 Å². The van der Waals surface area contributed by atoms with Crippen molar-refractivity contribution in [3.05, 3.63) is 41.4 Å².